The fraction of sp³-hybridized carbons (Fsp3) is 0.556. The van der Waals surface area contributed by atoms with Crippen LogP contribution >= 0.6 is 0 Å². The van der Waals surface area contributed by atoms with Crippen molar-refractivity contribution in [2.45, 2.75) is 77.6 Å². The summed E-state index contributed by atoms with van der Waals surface area (Å²) in [5.41, 5.74) is 0.808. The molecule has 0 aliphatic carbocycles. The Morgan fingerprint density at radius 3 is 2.41 bits per heavy atom. The molecule has 2 N–H and O–H groups in total. The lowest BCUT2D eigenvalue weighted by Crippen LogP contribution is -2.23. The molecule has 2 aromatic rings. The molecule has 0 amide bonds. The van der Waals surface area contributed by atoms with Crippen LogP contribution in [0.5, 0.6) is 0 Å². The van der Waals surface area contributed by atoms with E-state index in [2.05, 4.69) is 22.4 Å². The topological polar surface area (TPSA) is 119 Å². The normalized spacial score (nSPS) is 15.5. The molecule has 0 saturated carbocycles. The van der Waals surface area contributed by atoms with E-state index in [1.165, 1.54) is 0 Å². The molecule has 0 aliphatic rings. The Bertz CT molecular complexity index is 1160. The van der Waals surface area contributed by atoms with E-state index in [1.807, 2.05) is 45.0 Å². The van der Waals surface area contributed by atoms with Gasteiger partial charge in [0.15, 0.2) is 14.2 Å². The van der Waals surface area contributed by atoms with Gasteiger partial charge in [0.25, 0.3) is 0 Å². The van der Waals surface area contributed by atoms with E-state index in [0.717, 1.165) is 47.6 Å². The maximum atomic E-state index is 13.0. The molecule has 10 heteroatoms. The highest BCUT2D eigenvalue weighted by Gasteiger charge is 2.24. The molecular weight excluding hydrogens is 516 g/mol. The molecule has 206 valence electrons. The Morgan fingerprint density at radius 1 is 1.05 bits per heavy atom. The zero-order chi connectivity index (χ0) is 27.6. The van der Waals surface area contributed by atoms with Crippen molar-refractivity contribution < 1.29 is 38.0 Å². The van der Waals surface area contributed by atoms with Gasteiger partial charge in [0.05, 0.1) is 24.7 Å². The molecule has 2 aromatic carbocycles. The average molecular weight is 555 g/mol. The van der Waals surface area contributed by atoms with E-state index in [9.17, 15) is 18.9 Å². The number of hydrogen-bond donors (Lipinski definition) is 2. The van der Waals surface area contributed by atoms with Crippen molar-refractivity contribution in [2.24, 2.45) is 5.92 Å². The lowest BCUT2D eigenvalue weighted by molar-refractivity contribution is -0.148. The Kier molecular flexibility index (Phi) is 12.4. The van der Waals surface area contributed by atoms with Gasteiger partial charge in [-0.05, 0) is 59.6 Å². The van der Waals surface area contributed by atoms with Gasteiger partial charge in [-0.1, -0.05) is 58.4 Å². The minimum absolute atomic E-state index is 0.0857. The van der Waals surface area contributed by atoms with Crippen LogP contribution in [0.25, 0.3) is 10.8 Å². The lowest BCUT2D eigenvalue weighted by atomic mass is 9.83. The molecule has 0 spiro atoms. The predicted molar refractivity (Wildman–Crippen MR) is 146 cm³/mol. The number of fused-ring (bicyclic) bond motifs is 1. The van der Waals surface area contributed by atoms with Crippen molar-refractivity contribution in [3.8, 4) is 0 Å². The fourth-order valence-corrected chi connectivity index (χ4v) is 4.97. The highest BCUT2D eigenvalue weighted by Crippen LogP contribution is 2.35. The molecule has 0 aromatic heterocycles. The molecule has 0 radical (unpaired) electrons. The second-order valence-corrected chi connectivity index (χ2v) is 12.2. The fourth-order valence-electron chi connectivity index (χ4n) is 4.19. The van der Waals surface area contributed by atoms with E-state index >= 15 is 0 Å². The summed E-state index contributed by atoms with van der Waals surface area (Å²) >= 11 is 4.49. The van der Waals surface area contributed by atoms with Crippen molar-refractivity contribution in [3.05, 3.63) is 47.0 Å². The molecular formula is C27H38O8S2. The zero-order valence-corrected chi connectivity index (χ0v) is 23.6. The quantitative estimate of drug-likeness (QED) is 0.131. The summed E-state index contributed by atoms with van der Waals surface area (Å²) in [7, 11) is -3.73. The molecule has 0 heterocycles. The van der Waals surface area contributed by atoms with Gasteiger partial charge in [-0.25, -0.2) is 14.3 Å². The van der Waals surface area contributed by atoms with Gasteiger partial charge in [-0.3, -0.25) is 4.79 Å². The molecule has 0 aliphatic heterocycles. The number of rotatable bonds is 15. The molecule has 4 unspecified atom stereocenters. The van der Waals surface area contributed by atoms with Gasteiger partial charge in [0, 0.05) is 17.6 Å². The van der Waals surface area contributed by atoms with Gasteiger partial charge >= 0.3 is 11.9 Å². The van der Waals surface area contributed by atoms with Gasteiger partial charge in [0.2, 0.25) is 0 Å². The summed E-state index contributed by atoms with van der Waals surface area (Å²) in [4.78, 5) is 25.4. The van der Waals surface area contributed by atoms with E-state index in [-0.39, 0.29) is 30.8 Å². The second kappa shape index (κ2) is 14.7. The lowest BCUT2D eigenvalue weighted by Gasteiger charge is -2.22. The van der Waals surface area contributed by atoms with Crippen LogP contribution in [0.1, 0.15) is 87.2 Å². The van der Waals surface area contributed by atoms with Crippen LogP contribution in [0, 0.1) is 5.92 Å². The number of unbranched alkanes of at least 4 members (excludes halogenated alkanes) is 1. The standard InChI is InChI=1S/C27H38O8S2/c1-5-8-14-33-26(29)18(4)16-20(7-3)21-11-12-23(24-17-19(6-2)9-10-22(21)24)27(30)34-15-13-25(28)37(32,36)35-31/h9-12,17-18,20,25,28,31H,5-8,13-16H2,1-4H3. The Hall–Kier alpha value is -2.11. The number of aliphatic hydroxyl groups excluding tert-OH is 1. The van der Waals surface area contributed by atoms with Crippen molar-refractivity contribution in [1.82, 2.24) is 0 Å². The predicted octanol–water partition coefficient (Wildman–Crippen LogP) is 5.28. The molecule has 8 nitrogen and oxygen atoms in total. The number of benzene rings is 2. The third-order valence-corrected chi connectivity index (χ3v) is 8.45. The van der Waals surface area contributed by atoms with Crippen LogP contribution in [0.4, 0.5) is 0 Å². The SMILES string of the molecule is CCCCOC(=O)C(C)CC(CC)c1ccc(C(=O)OCCC(O)S(=O)(=S)OO)c2cc(CC)ccc12. The highest BCUT2D eigenvalue weighted by molar-refractivity contribution is 8.30. The first-order chi connectivity index (χ1) is 17.6. The van der Waals surface area contributed by atoms with Gasteiger partial charge in [0.1, 0.15) is 0 Å². The largest absolute Gasteiger partial charge is 0.465 e. The third kappa shape index (κ3) is 8.44. The highest BCUT2D eigenvalue weighted by atomic mass is 32.8. The average Bonchev–Trinajstić information content (AvgIpc) is 2.90. The smallest absolute Gasteiger partial charge is 0.338 e. The molecule has 0 bridgehead atoms. The maximum Gasteiger partial charge on any atom is 0.338 e. The van der Waals surface area contributed by atoms with E-state index in [0.29, 0.717) is 18.6 Å². The van der Waals surface area contributed by atoms with Crippen LogP contribution in [0.3, 0.4) is 0 Å². The monoisotopic (exact) mass is 554 g/mol. The molecule has 4 atom stereocenters. The summed E-state index contributed by atoms with van der Waals surface area (Å²) in [5.74, 6) is -0.965. The van der Waals surface area contributed by atoms with Crippen molar-refractivity contribution in [1.29, 1.82) is 0 Å². The van der Waals surface area contributed by atoms with Gasteiger partial charge in [-0.15, -0.1) is 4.33 Å². The Morgan fingerprint density at radius 2 is 1.78 bits per heavy atom. The maximum absolute atomic E-state index is 13.0. The third-order valence-electron chi connectivity index (χ3n) is 6.49. The van der Waals surface area contributed by atoms with Crippen LogP contribution in [0.15, 0.2) is 30.3 Å². The number of ether oxygens (including phenoxy) is 2. The van der Waals surface area contributed by atoms with Crippen LogP contribution in [0.2, 0.25) is 0 Å². The van der Waals surface area contributed by atoms with Crippen LogP contribution in [-0.4, -0.2) is 45.2 Å². The molecule has 0 fully saturated rings. The minimum atomic E-state index is -3.73. The Balaban J connectivity index is 2.30. The summed E-state index contributed by atoms with van der Waals surface area (Å²) in [6.07, 6.45) is 3.78. The van der Waals surface area contributed by atoms with E-state index in [1.54, 1.807) is 6.07 Å². The first-order valence-corrected chi connectivity index (χ1v) is 15.2. The van der Waals surface area contributed by atoms with Crippen LogP contribution < -0.4 is 0 Å². The summed E-state index contributed by atoms with van der Waals surface area (Å²) in [6, 6.07) is 9.62. The minimum Gasteiger partial charge on any atom is -0.465 e. The first-order valence-electron chi connectivity index (χ1n) is 12.7. The van der Waals surface area contributed by atoms with Crippen molar-refractivity contribution in [3.63, 3.8) is 0 Å². The summed E-state index contributed by atoms with van der Waals surface area (Å²) in [6.45, 7) is 8.21. The van der Waals surface area contributed by atoms with E-state index < -0.39 is 20.2 Å². The van der Waals surface area contributed by atoms with Gasteiger partial charge < -0.3 is 14.6 Å². The van der Waals surface area contributed by atoms with Gasteiger partial charge in [-0.2, -0.15) is 0 Å². The Labute approximate surface area is 224 Å². The number of aryl methyl sites for hydroxylation is 1. The van der Waals surface area contributed by atoms with Crippen molar-refractivity contribution >= 4 is 42.7 Å². The summed E-state index contributed by atoms with van der Waals surface area (Å²) < 4.78 is 26.1. The second-order valence-electron chi connectivity index (χ2n) is 9.15. The summed E-state index contributed by atoms with van der Waals surface area (Å²) in [5, 5.41) is 20.0. The number of carbonyl (C=O) groups is 2. The molecule has 0 saturated heterocycles. The molecule has 37 heavy (non-hydrogen) atoms. The molecule has 2 rings (SSSR count). The van der Waals surface area contributed by atoms with Crippen molar-refractivity contribution in [2.75, 3.05) is 13.2 Å². The number of carbonyl (C=O) groups excluding carboxylic acids is 2. The first kappa shape index (κ1) is 31.1. The number of aliphatic hydroxyl groups is 1. The zero-order valence-electron chi connectivity index (χ0n) is 21.9. The van der Waals surface area contributed by atoms with E-state index in [4.69, 9.17) is 14.7 Å². The van der Waals surface area contributed by atoms with Crippen LogP contribution in [-0.2, 0) is 45.0 Å². The number of hydrogen-bond acceptors (Lipinski definition) is 9. The number of esters is 2.